The van der Waals surface area contributed by atoms with Gasteiger partial charge in [0.2, 0.25) is 10.0 Å². The van der Waals surface area contributed by atoms with Gasteiger partial charge in [-0.3, -0.25) is 0 Å². The van der Waals surface area contributed by atoms with Crippen molar-refractivity contribution in [2.75, 3.05) is 20.0 Å². The number of rotatable bonds is 8. The maximum atomic E-state index is 12.8. The predicted molar refractivity (Wildman–Crippen MR) is 90.6 cm³/mol. The summed E-state index contributed by atoms with van der Waals surface area (Å²) in [5.74, 6) is 0.160. The Kier molecular flexibility index (Phi) is 6.27. The molecule has 1 aromatic carbocycles. The molecule has 0 fully saturated rings. The van der Waals surface area contributed by atoms with E-state index in [2.05, 4.69) is 14.7 Å². The van der Waals surface area contributed by atoms with E-state index in [1.165, 1.54) is 14.2 Å². The Morgan fingerprint density at radius 2 is 1.88 bits per heavy atom. The van der Waals surface area contributed by atoms with Gasteiger partial charge in [-0.1, -0.05) is 13.0 Å². The Hall–Kier alpha value is -2.26. The second kappa shape index (κ2) is 8.21. The quantitative estimate of drug-likeness (QED) is 0.764. The van der Waals surface area contributed by atoms with Gasteiger partial charge >= 0.3 is 0 Å². The normalized spacial score (nSPS) is 12.6. The summed E-state index contributed by atoms with van der Waals surface area (Å²) in [6.07, 6.45) is 2.03. The summed E-state index contributed by atoms with van der Waals surface area (Å²) in [5, 5.41) is 0. The third kappa shape index (κ3) is 5.36. The first-order valence-corrected chi connectivity index (χ1v) is 9.15. The van der Waals surface area contributed by atoms with Gasteiger partial charge in [-0.25, -0.2) is 27.5 Å². The minimum atomic E-state index is -3.59. The first-order chi connectivity index (χ1) is 11.8. The summed E-state index contributed by atoms with van der Waals surface area (Å²) >= 11 is 0. The van der Waals surface area contributed by atoms with Crippen LogP contribution in [0.5, 0.6) is 11.5 Å². The average molecular weight is 369 g/mol. The van der Waals surface area contributed by atoms with E-state index in [9.17, 15) is 12.8 Å². The van der Waals surface area contributed by atoms with Gasteiger partial charge in [0.05, 0.1) is 32.4 Å². The van der Waals surface area contributed by atoms with Crippen molar-refractivity contribution in [2.45, 2.75) is 19.4 Å². The molecule has 0 aliphatic carbocycles. The van der Waals surface area contributed by atoms with E-state index in [0.29, 0.717) is 17.1 Å². The summed E-state index contributed by atoms with van der Waals surface area (Å²) in [6.45, 7) is 1.74. The number of halogens is 1. The first kappa shape index (κ1) is 19.1. The lowest BCUT2D eigenvalue weighted by molar-refractivity contribution is 0.390. The summed E-state index contributed by atoms with van der Waals surface area (Å²) < 4.78 is 50.3. The number of nitrogens with one attached hydrogen (secondary N) is 1. The molecule has 7 nitrogen and oxygen atoms in total. The number of benzene rings is 1. The van der Waals surface area contributed by atoms with Crippen molar-refractivity contribution in [3.05, 3.63) is 47.8 Å². The molecule has 0 aliphatic rings. The Balaban J connectivity index is 2.03. The highest BCUT2D eigenvalue weighted by Crippen LogP contribution is 2.24. The molecule has 1 N–H and O–H groups in total. The largest absolute Gasteiger partial charge is 0.497 e. The number of methoxy groups -OCH3 is 2. The Labute approximate surface area is 146 Å². The molecule has 0 aliphatic heterocycles. The van der Waals surface area contributed by atoms with Crippen molar-refractivity contribution in [3.8, 4) is 11.5 Å². The molecular formula is C16H20FN3O4S. The summed E-state index contributed by atoms with van der Waals surface area (Å²) in [6, 6.07) is 5.13. The third-order valence-corrected chi connectivity index (χ3v) is 5.05. The van der Waals surface area contributed by atoms with Crippen molar-refractivity contribution >= 4 is 10.0 Å². The molecule has 1 heterocycles. The minimum absolute atomic E-state index is 0.0759. The highest BCUT2D eigenvalue weighted by Gasteiger charge is 2.19. The topological polar surface area (TPSA) is 90.4 Å². The van der Waals surface area contributed by atoms with E-state index < -0.39 is 21.8 Å². The molecule has 0 unspecified atom stereocenters. The van der Waals surface area contributed by atoms with Crippen molar-refractivity contribution in [3.63, 3.8) is 0 Å². The molecule has 9 heteroatoms. The fraction of sp³-hybridized carbons (Fsp3) is 0.375. The zero-order valence-corrected chi connectivity index (χ0v) is 15.0. The van der Waals surface area contributed by atoms with E-state index in [1.54, 1.807) is 25.1 Å². The van der Waals surface area contributed by atoms with Gasteiger partial charge in [0.1, 0.15) is 17.3 Å². The molecule has 0 amide bonds. The van der Waals surface area contributed by atoms with Gasteiger partial charge < -0.3 is 9.47 Å². The predicted octanol–water partition coefficient (Wildman–Crippen LogP) is 1.86. The average Bonchev–Trinajstić information content (AvgIpc) is 2.60. The van der Waals surface area contributed by atoms with Crippen molar-refractivity contribution in [1.29, 1.82) is 0 Å². The molecule has 136 valence electrons. The maximum absolute atomic E-state index is 12.8. The smallest absolute Gasteiger partial charge is 0.212 e. The molecule has 0 saturated heterocycles. The van der Waals surface area contributed by atoms with E-state index in [1.807, 2.05) is 0 Å². The summed E-state index contributed by atoms with van der Waals surface area (Å²) in [7, 11) is -0.550. The highest BCUT2D eigenvalue weighted by atomic mass is 32.2. The molecule has 1 aromatic heterocycles. The van der Waals surface area contributed by atoms with Crippen LogP contribution in [0.15, 0.2) is 30.6 Å². The fourth-order valence-corrected chi connectivity index (χ4v) is 3.53. The maximum Gasteiger partial charge on any atom is 0.212 e. The van der Waals surface area contributed by atoms with E-state index in [4.69, 9.17) is 9.47 Å². The number of aromatic nitrogens is 2. The Bertz CT molecular complexity index is 813. The van der Waals surface area contributed by atoms with Crippen LogP contribution in [0.3, 0.4) is 0 Å². The van der Waals surface area contributed by atoms with Crippen molar-refractivity contribution in [1.82, 2.24) is 14.7 Å². The lowest BCUT2D eigenvalue weighted by Gasteiger charge is -2.14. The van der Waals surface area contributed by atoms with E-state index >= 15 is 0 Å². The monoisotopic (exact) mass is 369 g/mol. The number of hydrogen-bond donors (Lipinski definition) is 1. The van der Waals surface area contributed by atoms with Gasteiger partial charge in [0, 0.05) is 24.1 Å². The van der Waals surface area contributed by atoms with E-state index in [-0.39, 0.29) is 18.1 Å². The van der Waals surface area contributed by atoms with Gasteiger partial charge in [-0.2, -0.15) is 0 Å². The van der Waals surface area contributed by atoms with Crippen molar-refractivity contribution < 1.29 is 22.3 Å². The number of nitrogens with zero attached hydrogens (tertiary/aromatic N) is 2. The molecule has 25 heavy (non-hydrogen) atoms. The van der Waals surface area contributed by atoms with Gasteiger partial charge in [-0.05, 0) is 6.07 Å². The zero-order chi connectivity index (χ0) is 18.4. The molecule has 0 bridgehead atoms. The number of hydrogen-bond acceptors (Lipinski definition) is 6. The van der Waals surface area contributed by atoms with Crippen LogP contribution in [0.2, 0.25) is 0 Å². The molecule has 2 rings (SSSR count). The van der Waals surface area contributed by atoms with Crippen LogP contribution in [-0.4, -0.2) is 38.4 Å². The molecular weight excluding hydrogens is 349 g/mol. The molecule has 0 spiro atoms. The van der Waals surface area contributed by atoms with Crippen molar-refractivity contribution in [2.24, 2.45) is 0 Å². The lowest BCUT2D eigenvalue weighted by atomic mass is 10.2. The third-order valence-electron chi connectivity index (χ3n) is 3.53. The SMILES string of the molecule is COc1ccc(CNS(=O)(=O)C[C@H](C)c2ncc(F)cn2)c(OC)c1. The first-order valence-electron chi connectivity index (χ1n) is 7.50. The lowest BCUT2D eigenvalue weighted by Crippen LogP contribution is -2.28. The van der Waals surface area contributed by atoms with Crippen LogP contribution >= 0.6 is 0 Å². The number of sulfonamides is 1. The Morgan fingerprint density at radius 3 is 2.48 bits per heavy atom. The van der Waals surface area contributed by atoms with Crippen LogP contribution < -0.4 is 14.2 Å². The number of ether oxygens (including phenoxy) is 2. The van der Waals surface area contributed by atoms with Crippen LogP contribution in [-0.2, 0) is 16.6 Å². The second-order valence-electron chi connectivity index (χ2n) is 5.44. The molecule has 0 radical (unpaired) electrons. The van der Waals surface area contributed by atoms with Gasteiger partial charge in [0.25, 0.3) is 0 Å². The summed E-state index contributed by atoms with van der Waals surface area (Å²) in [4.78, 5) is 7.63. The minimum Gasteiger partial charge on any atom is -0.497 e. The van der Waals surface area contributed by atoms with Crippen LogP contribution in [0.4, 0.5) is 4.39 Å². The highest BCUT2D eigenvalue weighted by molar-refractivity contribution is 7.89. The Morgan fingerprint density at radius 1 is 1.20 bits per heavy atom. The standard InChI is InChI=1S/C16H20FN3O4S/c1-11(16-18-8-13(17)9-19-16)10-25(21,22)20-7-12-4-5-14(23-2)6-15(12)24-3/h4-6,8-9,11,20H,7,10H2,1-3H3/t11-/m0/s1. The fourth-order valence-electron chi connectivity index (χ4n) is 2.22. The second-order valence-corrected chi connectivity index (χ2v) is 7.29. The van der Waals surface area contributed by atoms with Crippen LogP contribution in [0.1, 0.15) is 24.2 Å². The summed E-state index contributed by atoms with van der Waals surface area (Å²) in [5.41, 5.74) is 0.678. The van der Waals surface area contributed by atoms with Crippen LogP contribution in [0.25, 0.3) is 0 Å². The zero-order valence-electron chi connectivity index (χ0n) is 14.2. The van der Waals surface area contributed by atoms with Gasteiger partial charge in [-0.15, -0.1) is 0 Å². The molecule has 2 aromatic rings. The van der Waals surface area contributed by atoms with Gasteiger partial charge in [0.15, 0.2) is 5.82 Å². The van der Waals surface area contributed by atoms with E-state index in [0.717, 1.165) is 12.4 Å². The molecule has 1 atom stereocenters. The molecule has 0 saturated carbocycles. The van der Waals surface area contributed by atoms with Crippen LogP contribution in [0, 0.1) is 5.82 Å².